The number of hydrogen-bond acceptors (Lipinski definition) is 4. The minimum Gasteiger partial charge on any atom is -0.343 e. The third kappa shape index (κ3) is 8.54. The molecule has 2 aliphatic heterocycles. The van der Waals surface area contributed by atoms with Crippen molar-refractivity contribution in [3.63, 3.8) is 0 Å². The second kappa shape index (κ2) is 15.8. The van der Waals surface area contributed by atoms with Gasteiger partial charge in [0.05, 0.1) is 11.4 Å². The molecule has 0 spiro atoms. The van der Waals surface area contributed by atoms with Gasteiger partial charge in [0.2, 0.25) is 5.91 Å². The lowest BCUT2D eigenvalue weighted by Gasteiger charge is -2.42. The number of piperidine rings is 1. The number of carbonyl (C=O) groups is 2. The monoisotopic (exact) mass is 580 g/mol. The van der Waals surface area contributed by atoms with Crippen molar-refractivity contribution in [2.75, 3.05) is 39.3 Å². The topological polar surface area (TPSA) is 56.8 Å². The molecule has 0 aliphatic carbocycles. The fourth-order valence-corrected chi connectivity index (χ4v) is 6.51. The minimum absolute atomic E-state index is 0.0715. The Kier molecular flexibility index (Phi) is 11.4. The molecule has 2 amide bonds. The van der Waals surface area contributed by atoms with Crippen LogP contribution in [0, 0.1) is 0 Å². The van der Waals surface area contributed by atoms with Crippen LogP contribution in [0.4, 0.5) is 0 Å². The molecule has 6 heteroatoms. The number of pyridine rings is 1. The predicted octanol–water partition coefficient (Wildman–Crippen LogP) is 7.31. The summed E-state index contributed by atoms with van der Waals surface area (Å²) in [6.45, 7) is 7.17. The van der Waals surface area contributed by atoms with Gasteiger partial charge in [-0.1, -0.05) is 106 Å². The molecule has 0 N–H and O–H groups in total. The van der Waals surface area contributed by atoms with Gasteiger partial charge >= 0.3 is 0 Å². The smallest absolute Gasteiger partial charge is 0.254 e. The molecular weight excluding hydrogens is 532 g/mol. The van der Waals surface area contributed by atoms with Crippen LogP contribution in [0.5, 0.6) is 0 Å². The first-order chi connectivity index (χ1) is 21.1. The number of likely N-dealkylation sites (tertiary alicyclic amines) is 1. The van der Waals surface area contributed by atoms with Crippen LogP contribution in [0.3, 0.4) is 0 Å². The van der Waals surface area contributed by atoms with Gasteiger partial charge in [0.25, 0.3) is 5.91 Å². The van der Waals surface area contributed by atoms with Crippen LogP contribution in [-0.4, -0.2) is 76.8 Å². The van der Waals surface area contributed by atoms with Gasteiger partial charge in [-0.25, -0.2) is 4.98 Å². The highest BCUT2D eigenvalue weighted by Gasteiger charge is 2.30. The van der Waals surface area contributed by atoms with E-state index in [1.807, 2.05) is 77.7 Å². The van der Waals surface area contributed by atoms with Crippen molar-refractivity contribution in [2.45, 2.75) is 77.2 Å². The Bertz CT molecular complexity index is 1240. The predicted molar refractivity (Wildman–Crippen MR) is 175 cm³/mol. The number of rotatable bonds is 12. The number of piperazine rings is 1. The number of carbonyl (C=O) groups excluding carboxylic acids is 2. The number of unbranched alkanes of at least 4 members (excludes halogenated alkanes) is 6. The van der Waals surface area contributed by atoms with Crippen LogP contribution in [0.1, 0.15) is 81.5 Å². The van der Waals surface area contributed by atoms with Gasteiger partial charge in [0, 0.05) is 68.4 Å². The Balaban J connectivity index is 1.12. The molecule has 1 aromatic heterocycles. The van der Waals surface area contributed by atoms with E-state index in [-0.39, 0.29) is 5.91 Å². The number of amides is 2. The van der Waals surface area contributed by atoms with Gasteiger partial charge in [-0.05, 0) is 31.4 Å². The molecule has 0 bridgehead atoms. The van der Waals surface area contributed by atoms with Crippen molar-refractivity contribution >= 4 is 11.8 Å². The fourth-order valence-electron chi connectivity index (χ4n) is 6.51. The first kappa shape index (κ1) is 30.9. The number of aromatic nitrogens is 1. The van der Waals surface area contributed by atoms with E-state index in [1.165, 1.54) is 38.5 Å². The zero-order chi connectivity index (χ0) is 29.9. The summed E-state index contributed by atoms with van der Waals surface area (Å²) in [6, 6.07) is 24.5. The summed E-state index contributed by atoms with van der Waals surface area (Å²) in [4.78, 5) is 38.1. The summed E-state index contributed by atoms with van der Waals surface area (Å²) in [7, 11) is 0. The molecule has 3 aromatic rings. The molecule has 0 saturated carbocycles. The average molecular weight is 581 g/mol. The van der Waals surface area contributed by atoms with Crippen molar-refractivity contribution in [2.24, 2.45) is 0 Å². The Morgan fingerprint density at radius 1 is 0.674 bits per heavy atom. The van der Waals surface area contributed by atoms with Crippen molar-refractivity contribution < 1.29 is 9.59 Å². The van der Waals surface area contributed by atoms with E-state index >= 15 is 0 Å². The highest BCUT2D eigenvalue weighted by Crippen LogP contribution is 2.26. The van der Waals surface area contributed by atoms with Crippen LogP contribution in [0.15, 0.2) is 72.8 Å². The second-order valence-electron chi connectivity index (χ2n) is 12.2. The Hall–Kier alpha value is -3.51. The van der Waals surface area contributed by atoms with Crippen LogP contribution in [-0.2, 0) is 4.79 Å². The molecule has 2 aliphatic rings. The highest BCUT2D eigenvalue weighted by molar-refractivity contribution is 5.96. The minimum atomic E-state index is 0.0715. The van der Waals surface area contributed by atoms with Crippen molar-refractivity contribution in [3.05, 3.63) is 78.4 Å². The van der Waals surface area contributed by atoms with Gasteiger partial charge in [-0.15, -0.1) is 0 Å². The lowest BCUT2D eigenvalue weighted by Crippen LogP contribution is -2.54. The first-order valence-corrected chi connectivity index (χ1v) is 16.6. The second-order valence-corrected chi connectivity index (χ2v) is 12.2. The standard InChI is InChI=1S/C37H48N4O2/c1-2-3-4-5-6-7-14-19-36(42)40-22-20-33(21-23-40)39-24-26-41(27-25-39)37(43)32-28-34(30-15-10-8-11-16-30)38-35(29-32)31-17-12-9-13-18-31/h8-13,15-18,28-29,33H,2-7,14,19-27H2,1H3. The Labute approximate surface area is 258 Å². The van der Waals surface area contributed by atoms with Crippen LogP contribution < -0.4 is 0 Å². The van der Waals surface area contributed by atoms with Gasteiger partial charge in [-0.2, -0.15) is 0 Å². The quantitative estimate of drug-likeness (QED) is 0.211. The van der Waals surface area contributed by atoms with Gasteiger partial charge in [-0.3, -0.25) is 14.5 Å². The molecule has 3 heterocycles. The molecule has 43 heavy (non-hydrogen) atoms. The molecule has 2 saturated heterocycles. The van der Waals surface area contributed by atoms with Gasteiger partial charge in [0.1, 0.15) is 0 Å². The van der Waals surface area contributed by atoms with E-state index in [9.17, 15) is 9.59 Å². The lowest BCUT2D eigenvalue weighted by atomic mass is 10.0. The van der Waals surface area contributed by atoms with E-state index in [0.29, 0.717) is 23.9 Å². The lowest BCUT2D eigenvalue weighted by molar-refractivity contribution is -0.133. The summed E-state index contributed by atoms with van der Waals surface area (Å²) in [5.74, 6) is 0.409. The van der Waals surface area contributed by atoms with Crippen LogP contribution in [0.2, 0.25) is 0 Å². The largest absolute Gasteiger partial charge is 0.343 e. The maximum absolute atomic E-state index is 13.8. The summed E-state index contributed by atoms with van der Waals surface area (Å²) in [6.07, 6.45) is 11.5. The van der Waals surface area contributed by atoms with Gasteiger partial charge < -0.3 is 9.80 Å². The summed E-state index contributed by atoms with van der Waals surface area (Å²) < 4.78 is 0. The van der Waals surface area contributed by atoms with Crippen molar-refractivity contribution in [1.82, 2.24) is 19.7 Å². The number of benzene rings is 2. The maximum atomic E-state index is 13.8. The molecular formula is C37H48N4O2. The Morgan fingerprint density at radius 3 is 1.77 bits per heavy atom. The third-order valence-corrected chi connectivity index (χ3v) is 9.14. The molecule has 228 valence electrons. The normalized spacial score (nSPS) is 16.4. The van der Waals surface area contributed by atoms with E-state index in [4.69, 9.17) is 4.98 Å². The summed E-state index contributed by atoms with van der Waals surface area (Å²) in [5.41, 5.74) is 4.33. The average Bonchev–Trinajstić information content (AvgIpc) is 3.08. The molecule has 2 aromatic carbocycles. The molecule has 6 nitrogen and oxygen atoms in total. The summed E-state index contributed by atoms with van der Waals surface area (Å²) >= 11 is 0. The van der Waals surface area contributed by atoms with Crippen LogP contribution in [0.25, 0.3) is 22.5 Å². The highest BCUT2D eigenvalue weighted by atomic mass is 16.2. The zero-order valence-electron chi connectivity index (χ0n) is 25.9. The zero-order valence-corrected chi connectivity index (χ0v) is 25.9. The summed E-state index contributed by atoms with van der Waals surface area (Å²) in [5, 5.41) is 0. The third-order valence-electron chi connectivity index (χ3n) is 9.14. The molecule has 0 atom stereocenters. The van der Waals surface area contributed by atoms with Crippen LogP contribution >= 0.6 is 0 Å². The molecule has 0 unspecified atom stereocenters. The first-order valence-electron chi connectivity index (χ1n) is 16.6. The maximum Gasteiger partial charge on any atom is 0.254 e. The van der Waals surface area contributed by atoms with E-state index in [0.717, 1.165) is 81.0 Å². The van der Waals surface area contributed by atoms with E-state index in [2.05, 4.69) is 16.7 Å². The SMILES string of the molecule is CCCCCCCCCC(=O)N1CCC(N2CCN(C(=O)c3cc(-c4ccccc4)nc(-c4ccccc4)c3)CC2)CC1. The Morgan fingerprint density at radius 2 is 1.21 bits per heavy atom. The molecule has 2 fully saturated rings. The van der Waals surface area contributed by atoms with E-state index in [1.54, 1.807) is 0 Å². The van der Waals surface area contributed by atoms with Crippen molar-refractivity contribution in [1.29, 1.82) is 0 Å². The number of hydrogen-bond donors (Lipinski definition) is 0. The molecule has 5 rings (SSSR count). The molecule has 0 radical (unpaired) electrons. The van der Waals surface area contributed by atoms with Gasteiger partial charge in [0.15, 0.2) is 0 Å². The number of nitrogens with zero attached hydrogens (tertiary/aromatic N) is 4. The van der Waals surface area contributed by atoms with E-state index < -0.39 is 0 Å². The fraction of sp³-hybridized carbons (Fsp3) is 0.486. The van der Waals surface area contributed by atoms with Crippen molar-refractivity contribution in [3.8, 4) is 22.5 Å².